The summed E-state index contributed by atoms with van der Waals surface area (Å²) in [6.45, 7) is 10.5. The quantitative estimate of drug-likeness (QED) is 0.221. The van der Waals surface area contributed by atoms with E-state index in [4.69, 9.17) is 9.47 Å². The van der Waals surface area contributed by atoms with Gasteiger partial charge >= 0.3 is 0 Å². The Kier molecular flexibility index (Phi) is 13.0. The molecule has 0 aliphatic carbocycles. The van der Waals surface area contributed by atoms with Crippen molar-refractivity contribution in [1.82, 2.24) is 15.5 Å². The van der Waals surface area contributed by atoms with Crippen LogP contribution in [-0.4, -0.2) is 75.4 Å². The molecule has 158 valence electrons. The first-order valence-corrected chi connectivity index (χ1v) is 10.2. The largest absolute Gasteiger partial charge is 0.381 e. The maximum Gasteiger partial charge on any atom is 0.222 e. The van der Waals surface area contributed by atoms with E-state index in [-0.39, 0.29) is 35.9 Å². The van der Waals surface area contributed by atoms with Gasteiger partial charge in [0, 0.05) is 65.1 Å². The van der Waals surface area contributed by atoms with Crippen molar-refractivity contribution in [2.75, 3.05) is 52.6 Å². The molecule has 7 nitrogen and oxygen atoms in total. The molecule has 1 atom stereocenters. The van der Waals surface area contributed by atoms with Crippen LogP contribution in [0.4, 0.5) is 0 Å². The van der Waals surface area contributed by atoms with Crippen molar-refractivity contribution in [1.29, 1.82) is 0 Å². The molecule has 2 aliphatic rings. The van der Waals surface area contributed by atoms with E-state index >= 15 is 0 Å². The molecule has 0 spiro atoms. The summed E-state index contributed by atoms with van der Waals surface area (Å²) < 4.78 is 11.2. The molecule has 2 aliphatic heterocycles. The highest BCUT2D eigenvalue weighted by molar-refractivity contribution is 14.0. The fourth-order valence-electron chi connectivity index (χ4n) is 3.36. The lowest BCUT2D eigenvalue weighted by molar-refractivity contribution is -0.129. The zero-order chi connectivity index (χ0) is 18.6. The Bertz CT molecular complexity index is 445. The number of hydrogen-bond acceptors (Lipinski definition) is 4. The lowest BCUT2D eigenvalue weighted by Crippen LogP contribution is -2.45. The molecule has 27 heavy (non-hydrogen) atoms. The Morgan fingerprint density at radius 2 is 2.04 bits per heavy atom. The summed E-state index contributed by atoms with van der Waals surface area (Å²) in [5.41, 5.74) is 0. The number of rotatable bonds is 9. The van der Waals surface area contributed by atoms with Crippen molar-refractivity contribution in [2.45, 2.75) is 52.0 Å². The Morgan fingerprint density at radius 3 is 2.74 bits per heavy atom. The van der Waals surface area contributed by atoms with Crippen LogP contribution in [0.25, 0.3) is 0 Å². The molecule has 2 rings (SSSR count). The van der Waals surface area contributed by atoms with E-state index in [0.29, 0.717) is 12.3 Å². The second-order valence-electron chi connectivity index (χ2n) is 7.07. The molecule has 2 N–H and O–H groups in total. The number of nitrogens with zero attached hydrogens (tertiary/aromatic N) is 2. The second kappa shape index (κ2) is 14.4. The maximum absolute atomic E-state index is 11.8. The monoisotopic (exact) mass is 496 g/mol. The van der Waals surface area contributed by atoms with Gasteiger partial charge in [0.25, 0.3) is 0 Å². The first-order chi connectivity index (χ1) is 12.7. The van der Waals surface area contributed by atoms with Crippen LogP contribution in [0, 0.1) is 5.92 Å². The Morgan fingerprint density at radius 1 is 1.26 bits per heavy atom. The number of hydrogen-bond donors (Lipinski definition) is 2. The summed E-state index contributed by atoms with van der Waals surface area (Å²) in [7, 11) is 0. The third kappa shape index (κ3) is 9.43. The number of carbonyl (C=O) groups is 1. The second-order valence-corrected chi connectivity index (χ2v) is 7.07. The van der Waals surface area contributed by atoms with E-state index in [1.807, 2.05) is 11.8 Å². The molecule has 1 unspecified atom stereocenters. The fourth-order valence-corrected chi connectivity index (χ4v) is 3.36. The average molecular weight is 496 g/mol. The lowest BCUT2D eigenvalue weighted by Gasteiger charge is -2.21. The summed E-state index contributed by atoms with van der Waals surface area (Å²) in [5, 5.41) is 6.75. The highest BCUT2D eigenvalue weighted by atomic mass is 127. The van der Waals surface area contributed by atoms with Gasteiger partial charge in [-0.1, -0.05) is 6.92 Å². The van der Waals surface area contributed by atoms with Crippen LogP contribution in [0.1, 0.15) is 46.0 Å². The highest BCUT2D eigenvalue weighted by Gasteiger charge is 2.25. The molecule has 1 amide bonds. The van der Waals surface area contributed by atoms with Crippen molar-refractivity contribution in [2.24, 2.45) is 10.9 Å². The van der Waals surface area contributed by atoms with Crippen LogP contribution in [0.15, 0.2) is 4.99 Å². The van der Waals surface area contributed by atoms with Crippen LogP contribution in [0.3, 0.4) is 0 Å². The zero-order valence-electron chi connectivity index (χ0n) is 16.9. The van der Waals surface area contributed by atoms with Gasteiger partial charge in [0.2, 0.25) is 5.91 Å². The van der Waals surface area contributed by atoms with E-state index in [0.717, 1.165) is 84.2 Å². The number of nitrogens with one attached hydrogen (secondary N) is 2. The minimum atomic E-state index is 0. The number of ether oxygens (including phenoxy) is 2. The molecule has 0 aromatic rings. The van der Waals surface area contributed by atoms with E-state index in [2.05, 4.69) is 22.5 Å². The zero-order valence-corrected chi connectivity index (χ0v) is 19.2. The van der Waals surface area contributed by atoms with E-state index in [1.165, 1.54) is 0 Å². The molecular formula is C19H37IN4O3. The Hall–Kier alpha value is -0.610. The van der Waals surface area contributed by atoms with Gasteiger partial charge in [0.1, 0.15) is 0 Å². The molecule has 8 heteroatoms. The van der Waals surface area contributed by atoms with Gasteiger partial charge in [-0.2, -0.15) is 0 Å². The number of aliphatic imine (C=N–C) groups is 1. The first kappa shape index (κ1) is 24.4. The van der Waals surface area contributed by atoms with Crippen LogP contribution in [0.2, 0.25) is 0 Å². The predicted molar refractivity (Wildman–Crippen MR) is 119 cm³/mol. The maximum atomic E-state index is 11.8. The van der Waals surface area contributed by atoms with Gasteiger partial charge in [0.15, 0.2) is 5.96 Å². The normalized spacial score (nSPS) is 21.0. The van der Waals surface area contributed by atoms with Gasteiger partial charge in [-0.05, 0) is 38.5 Å². The smallest absolute Gasteiger partial charge is 0.222 e. The molecule has 2 saturated heterocycles. The third-order valence-electron chi connectivity index (χ3n) is 4.94. The Balaban J connectivity index is 0.00000364. The van der Waals surface area contributed by atoms with Crippen molar-refractivity contribution in [3.8, 4) is 0 Å². The summed E-state index contributed by atoms with van der Waals surface area (Å²) in [6, 6.07) is 0.285. The number of likely N-dealkylation sites (tertiary alicyclic amines) is 1. The number of amides is 1. The first-order valence-electron chi connectivity index (χ1n) is 10.2. The third-order valence-corrected chi connectivity index (χ3v) is 4.94. The number of guanidine groups is 1. The van der Waals surface area contributed by atoms with E-state index in [1.54, 1.807) is 0 Å². The summed E-state index contributed by atoms with van der Waals surface area (Å²) >= 11 is 0. The van der Waals surface area contributed by atoms with Crippen LogP contribution < -0.4 is 10.6 Å². The molecule has 0 saturated carbocycles. The van der Waals surface area contributed by atoms with Crippen molar-refractivity contribution in [3.63, 3.8) is 0 Å². The van der Waals surface area contributed by atoms with Crippen LogP contribution in [0.5, 0.6) is 0 Å². The fraction of sp³-hybridized carbons (Fsp3) is 0.895. The van der Waals surface area contributed by atoms with Gasteiger partial charge < -0.3 is 25.0 Å². The average Bonchev–Trinajstić information content (AvgIpc) is 3.13. The standard InChI is InChI=1S/C19H36N4O3.HI/c1-3-18(24)23-10-6-17(14-23)22-19(20-4-2)21-9-5-11-26-15-16-7-12-25-13-8-16;/h16-17H,3-15H2,1-2H3,(H2,20,21,22);1H. The predicted octanol–water partition coefficient (Wildman–Crippen LogP) is 2.00. The van der Waals surface area contributed by atoms with Gasteiger partial charge in [0.05, 0.1) is 0 Å². The van der Waals surface area contributed by atoms with Gasteiger partial charge in [-0.15, -0.1) is 24.0 Å². The minimum Gasteiger partial charge on any atom is -0.381 e. The summed E-state index contributed by atoms with van der Waals surface area (Å²) in [6.07, 6.45) is 4.71. The van der Waals surface area contributed by atoms with E-state index in [9.17, 15) is 4.79 Å². The number of carbonyl (C=O) groups excluding carboxylic acids is 1. The molecule has 2 heterocycles. The summed E-state index contributed by atoms with van der Waals surface area (Å²) in [4.78, 5) is 18.4. The lowest BCUT2D eigenvalue weighted by atomic mass is 10.0. The highest BCUT2D eigenvalue weighted by Crippen LogP contribution is 2.14. The SMILES string of the molecule is CCNC(=NCCCOCC1CCOCC1)NC1CCN(C(=O)CC)C1.I. The van der Waals surface area contributed by atoms with Crippen molar-refractivity contribution < 1.29 is 14.3 Å². The molecule has 2 fully saturated rings. The van der Waals surface area contributed by atoms with Gasteiger partial charge in [-0.3, -0.25) is 9.79 Å². The summed E-state index contributed by atoms with van der Waals surface area (Å²) in [5.74, 6) is 1.73. The molecule has 0 aromatic heterocycles. The molecule has 0 bridgehead atoms. The topological polar surface area (TPSA) is 75.2 Å². The van der Waals surface area contributed by atoms with Gasteiger partial charge in [-0.25, -0.2) is 0 Å². The Labute approximate surface area is 181 Å². The van der Waals surface area contributed by atoms with Crippen molar-refractivity contribution >= 4 is 35.8 Å². The van der Waals surface area contributed by atoms with E-state index < -0.39 is 0 Å². The minimum absolute atomic E-state index is 0. The molecule has 0 aromatic carbocycles. The number of halogens is 1. The van der Waals surface area contributed by atoms with Crippen LogP contribution in [-0.2, 0) is 14.3 Å². The molecule has 0 radical (unpaired) electrons. The van der Waals surface area contributed by atoms with Crippen molar-refractivity contribution in [3.05, 3.63) is 0 Å². The molecular weight excluding hydrogens is 459 g/mol. The van der Waals surface area contributed by atoms with Crippen LogP contribution >= 0.6 is 24.0 Å².